The van der Waals surface area contributed by atoms with E-state index in [0.29, 0.717) is 0 Å². The topological polar surface area (TPSA) is 57.2 Å². The SMILES string of the molecule is CCS(=O)(=O)[O-].[Au+]. The first-order chi connectivity index (χ1) is 2.56. The van der Waals surface area contributed by atoms with Crippen LogP contribution in [0.3, 0.4) is 0 Å². The zero-order chi connectivity index (χ0) is 5.21. The maximum Gasteiger partial charge on any atom is 1.00 e. The Morgan fingerprint density at radius 1 is 1.57 bits per heavy atom. The van der Waals surface area contributed by atoms with Crippen LogP contribution in [0.15, 0.2) is 0 Å². The summed E-state index contributed by atoms with van der Waals surface area (Å²) in [6, 6.07) is 0. The minimum absolute atomic E-state index is 0. The van der Waals surface area contributed by atoms with Gasteiger partial charge in [-0.1, -0.05) is 6.92 Å². The van der Waals surface area contributed by atoms with Crippen LogP contribution in [0.2, 0.25) is 0 Å². The van der Waals surface area contributed by atoms with E-state index in [1.165, 1.54) is 6.92 Å². The van der Waals surface area contributed by atoms with E-state index in [0.717, 1.165) is 0 Å². The van der Waals surface area contributed by atoms with Gasteiger partial charge >= 0.3 is 22.4 Å². The summed E-state index contributed by atoms with van der Waals surface area (Å²) in [5.41, 5.74) is 0. The summed E-state index contributed by atoms with van der Waals surface area (Å²) < 4.78 is 28.3. The molecule has 7 heavy (non-hydrogen) atoms. The second-order valence-corrected chi connectivity index (χ2v) is 2.54. The van der Waals surface area contributed by atoms with Crippen molar-refractivity contribution in [3.8, 4) is 0 Å². The Balaban J connectivity index is 0. The van der Waals surface area contributed by atoms with Crippen LogP contribution >= 0.6 is 0 Å². The molecular weight excluding hydrogens is 301 g/mol. The summed E-state index contributed by atoms with van der Waals surface area (Å²) in [6.45, 7) is 1.31. The molecule has 0 fully saturated rings. The van der Waals surface area contributed by atoms with Crippen LogP contribution in [-0.2, 0) is 32.5 Å². The largest absolute Gasteiger partial charge is 1.00 e. The second-order valence-electron chi connectivity index (χ2n) is 0.846. The van der Waals surface area contributed by atoms with Crippen LogP contribution in [0.5, 0.6) is 0 Å². The molecule has 0 radical (unpaired) electrons. The van der Waals surface area contributed by atoms with Gasteiger partial charge in [0.05, 0.1) is 10.1 Å². The first-order valence-corrected chi connectivity index (χ1v) is 3.07. The van der Waals surface area contributed by atoms with E-state index in [-0.39, 0.29) is 28.1 Å². The van der Waals surface area contributed by atoms with E-state index >= 15 is 0 Å². The van der Waals surface area contributed by atoms with Crippen molar-refractivity contribution in [3.63, 3.8) is 0 Å². The molecule has 0 aromatic carbocycles. The van der Waals surface area contributed by atoms with Gasteiger partial charge in [-0.2, -0.15) is 0 Å². The quantitative estimate of drug-likeness (QED) is 0.487. The minimum atomic E-state index is -3.91. The van der Waals surface area contributed by atoms with Gasteiger partial charge in [0.2, 0.25) is 0 Å². The van der Waals surface area contributed by atoms with Gasteiger partial charge in [0.15, 0.2) is 0 Å². The van der Waals surface area contributed by atoms with Gasteiger partial charge in [0.1, 0.15) is 0 Å². The molecule has 0 aromatic heterocycles. The third-order valence-electron chi connectivity index (χ3n) is 0.354. The van der Waals surface area contributed by atoms with E-state index < -0.39 is 10.1 Å². The van der Waals surface area contributed by atoms with Crippen molar-refractivity contribution in [2.24, 2.45) is 0 Å². The Kier molecular flexibility index (Phi) is 5.49. The second kappa shape index (κ2) is 3.63. The van der Waals surface area contributed by atoms with Gasteiger partial charge in [-0.3, -0.25) is 0 Å². The van der Waals surface area contributed by atoms with Crippen molar-refractivity contribution < 1.29 is 35.4 Å². The van der Waals surface area contributed by atoms with Gasteiger partial charge in [-0.25, -0.2) is 8.42 Å². The third kappa shape index (κ3) is 10.8. The predicted octanol–water partition coefficient (Wildman–Crippen LogP) is -0.451. The zero-order valence-electron chi connectivity index (χ0n) is 3.64. The molecule has 0 amide bonds. The molecule has 0 unspecified atom stereocenters. The smallest absolute Gasteiger partial charge is 0.748 e. The van der Waals surface area contributed by atoms with E-state index in [1.54, 1.807) is 0 Å². The maximum absolute atomic E-state index is 9.44. The zero-order valence-corrected chi connectivity index (χ0v) is 6.62. The molecule has 0 aromatic rings. The maximum atomic E-state index is 9.44. The molecule has 5 heteroatoms. The molecule has 0 saturated carbocycles. The van der Waals surface area contributed by atoms with Crippen LogP contribution in [-0.4, -0.2) is 18.7 Å². The molecule has 0 rings (SSSR count). The van der Waals surface area contributed by atoms with Crippen LogP contribution < -0.4 is 0 Å². The normalized spacial score (nSPS) is 10.0. The van der Waals surface area contributed by atoms with Crippen molar-refractivity contribution in [2.45, 2.75) is 6.92 Å². The Morgan fingerprint density at radius 2 is 1.71 bits per heavy atom. The van der Waals surface area contributed by atoms with E-state index in [4.69, 9.17) is 0 Å². The van der Waals surface area contributed by atoms with Crippen LogP contribution in [0.4, 0.5) is 0 Å². The van der Waals surface area contributed by atoms with Crippen LogP contribution in [0.1, 0.15) is 6.92 Å². The Bertz CT molecular complexity index is 115. The fourth-order valence-corrected chi connectivity index (χ4v) is 0. The molecule has 0 atom stereocenters. The summed E-state index contributed by atoms with van der Waals surface area (Å²) in [5.74, 6) is -0.312. The molecule has 0 heterocycles. The molecule has 0 bridgehead atoms. The molecule has 0 saturated heterocycles. The molecule has 3 nitrogen and oxygen atoms in total. The summed E-state index contributed by atoms with van der Waals surface area (Å²) in [4.78, 5) is 0. The van der Waals surface area contributed by atoms with Gasteiger partial charge in [0.25, 0.3) is 0 Å². The van der Waals surface area contributed by atoms with Crippen molar-refractivity contribution in [3.05, 3.63) is 0 Å². The number of rotatable bonds is 1. The Hall–Kier alpha value is 0.650. The van der Waals surface area contributed by atoms with Crippen molar-refractivity contribution >= 4 is 10.1 Å². The monoisotopic (exact) mass is 306 g/mol. The summed E-state index contributed by atoms with van der Waals surface area (Å²) in [6.07, 6.45) is 0. The van der Waals surface area contributed by atoms with Crippen molar-refractivity contribution in [1.82, 2.24) is 0 Å². The van der Waals surface area contributed by atoms with Crippen LogP contribution in [0, 0.1) is 0 Å². The van der Waals surface area contributed by atoms with E-state index in [2.05, 4.69) is 0 Å². The summed E-state index contributed by atoms with van der Waals surface area (Å²) in [7, 11) is -3.91. The summed E-state index contributed by atoms with van der Waals surface area (Å²) in [5, 5.41) is 0. The Labute approximate surface area is 58.4 Å². The molecular formula is C2H5AuO3S. The molecule has 0 spiro atoms. The molecule has 0 aliphatic heterocycles. The van der Waals surface area contributed by atoms with E-state index in [1.807, 2.05) is 0 Å². The molecule has 0 aliphatic rings. The summed E-state index contributed by atoms with van der Waals surface area (Å²) >= 11 is 0. The number of hydrogen-bond donors (Lipinski definition) is 0. The predicted molar refractivity (Wildman–Crippen MR) is 20.2 cm³/mol. The van der Waals surface area contributed by atoms with Gasteiger partial charge in [-0.15, -0.1) is 0 Å². The Morgan fingerprint density at radius 3 is 1.71 bits per heavy atom. The molecule has 0 aliphatic carbocycles. The standard InChI is InChI=1S/C2H6O3S.Au/c1-2-6(3,4)5;/h2H2,1H3,(H,3,4,5);/q;+1/p-1. The van der Waals surface area contributed by atoms with Gasteiger partial charge in [-0.05, 0) is 0 Å². The number of hydrogen-bond acceptors (Lipinski definition) is 3. The first kappa shape index (κ1) is 10.6. The van der Waals surface area contributed by atoms with Gasteiger partial charge < -0.3 is 4.55 Å². The minimum Gasteiger partial charge on any atom is -0.748 e. The van der Waals surface area contributed by atoms with E-state index in [9.17, 15) is 13.0 Å². The molecule has 0 N–H and O–H groups in total. The average molecular weight is 306 g/mol. The van der Waals surface area contributed by atoms with Gasteiger partial charge in [0, 0.05) is 5.75 Å². The van der Waals surface area contributed by atoms with Crippen molar-refractivity contribution in [2.75, 3.05) is 5.75 Å². The first-order valence-electron chi connectivity index (χ1n) is 1.50. The van der Waals surface area contributed by atoms with Crippen LogP contribution in [0.25, 0.3) is 0 Å². The third-order valence-corrected chi connectivity index (χ3v) is 1.06. The fourth-order valence-electron chi connectivity index (χ4n) is 0. The fraction of sp³-hybridized carbons (Fsp3) is 1.00. The van der Waals surface area contributed by atoms with Crippen molar-refractivity contribution in [1.29, 1.82) is 0 Å². The average Bonchev–Trinajstić information content (AvgIpc) is 1.35. The molecule has 48 valence electrons.